The minimum Gasteiger partial charge on any atom is -0.392 e. The second-order valence-corrected chi connectivity index (χ2v) is 8.42. The SMILES string of the molecule is CCCCCCCC/C=C\CCCCCCCC(=O)OC(=O)C(N)Cc1ccccc1. The van der Waals surface area contributed by atoms with Crippen LogP contribution >= 0.6 is 0 Å². The minimum absolute atomic E-state index is 0.280. The van der Waals surface area contributed by atoms with Crippen molar-refractivity contribution >= 4 is 11.9 Å². The van der Waals surface area contributed by atoms with E-state index < -0.39 is 18.0 Å². The van der Waals surface area contributed by atoms with Gasteiger partial charge in [0.15, 0.2) is 0 Å². The van der Waals surface area contributed by atoms with Gasteiger partial charge in [-0.2, -0.15) is 0 Å². The first-order valence-electron chi connectivity index (χ1n) is 12.3. The highest BCUT2D eigenvalue weighted by atomic mass is 16.6. The molecule has 4 nitrogen and oxygen atoms in total. The number of allylic oxidation sites excluding steroid dienone is 2. The van der Waals surface area contributed by atoms with Gasteiger partial charge in [-0.25, -0.2) is 4.79 Å². The van der Waals surface area contributed by atoms with Crippen LogP contribution in [0.15, 0.2) is 42.5 Å². The van der Waals surface area contributed by atoms with Crippen molar-refractivity contribution in [2.75, 3.05) is 0 Å². The third kappa shape index (κ3) is 15.5. The predicted molar refractivity (Wildman–Crippen MR) is 129 cm³/mol. The van der Waals surface area contributed by atoms with E-state index in [0.29, 0.717) is 6.42 Å². The first-order valence-corrected chi connectivity index (χ1v) is 12.3. The summed E-state index contributed by atoms with van der Waals surface area (Å²) >= 11 is 0. The topological polar surface area (TPSA) is 69.4 Å². The van der Waals surface area contributed by atoms with E-state index in [1.807, 2.05) is 30.3 Å². The fraction of sp³-hybridized carbons (Fsp3) is 0.630. The molecule has 0 aliphatic rings. The lowest BCUT2D eigenvalue weighted by atomic mass is 10.1. The zero-order valence-electron chi connectivity index (χ0n) is 19.5. The van der Waals surface area contributed by atoms with Gasteiger partial charge in [-0.05, 0) is 44.1 Å². The van der Waals surface area contributed by atoms with Crippen molar-refractivity contribution in [2.24, 2.45) is 5.73 Å². The molecule has 31 heavy (non-hydrogen) atoms. The number of ether oxygens (including phenoxy) is 1. The molecule has 1 rings (SSSR count). The van der Waals surface area contributed by atoms with Crippen LogP contribution in [0, 0.1) is 0 Å². The van der Waals surface area contributed by atoms with Gasteiger partial charge in [0.05, 0.1) is 0 Å². The van der Waals surface area contributed by atoms with Crippen LogP contribution in [-0.2, 0) is 20.7 Å². The molecule has 0 fully saturated rings. The van der Waals surface area contributed by atoms with Crippen molar-refractivity contribution in [3.05, 3.63) is 48.0 Å². The maximum Gasteiger partial charge on any atom is 0.330 e. The number of benzene rings is 1. The Labute approximate surface area is 189 Å². The first kappa shape index (κ1) is 27.1. The summed E-state index contributed by atoms with van der Waals surface area (Å²) < 4.78 is 4.89. The largest absolute Gasteiger partial charge is 0.392 e. The molecule has 0 aromatic heterocycles. The van der Waals surface area contributed by atoms with Crippen LogP contribution in [0.3, 0.4) is 0 Å². The van der Waals surface area contributed by atoms with Crippen molar-refractivity contribution < 1.29 is 14.3 Å². The summed E-state index contributed by atoms with van der Waals surface area (Å²) in [7, 11) is 0. The second kappa shape index (κ2) is 18.8. The molecular formula is C27H43NO3. The van der Waals surface area contributed by atoms with Crippen LogP contribution < -0.4 is 5.73 Å². The Morgan fingerprint density at radius 3 is 2.00 bits per heavy atom. The van der Waals surface area contributed by atoms with Crippen LogP contribution in [0.25, 0.3) is 0 Å². The zero-order valence-corrected chi connectivity index (χ0v) is 19.5. The van der Waals surface area contributed by atoms with Gasteiger partial charge in [-0.15, -0.1) is 0 Å². The molecule has 0 radical (unpaired) electrons. The highest BCUT2D eigenvalue weighted by molar-refractivity contribution is 5.88. The van der Waals surface area contributed by atoms with Crippen LogP contribution in [0.5, 0.6) is 0 Å². The number of hydrogen-bond acceptors (Lipinski definition) is 4. The summed E-state index contributed by atoms with van der Waals surface area (Å²) in [6.07, 6.45) is 21.0. The molecule has 1 aromatic carbocycles. The molecule has 1 unspecified atom stereocenters. The number of nitrogens with two attached hydrogens (primary N) is 1. The van der Waals surface area contributed by atoms with E-state index in [0.717, 1.165) is 31.2 Å². The lowest BCUT2D eigenvalue weighted by Crippen LogP contribution is -2.35. The molecule has 0 saturated heterocycles. The Balaban J connectivity index is 1.94. The second-order valence-electron chi connectivity index (χ2n) is 8.42. The molecular weight excluding hydrogens is 386 g/mol. The molecule has 0 aliphatic heterocycles. The van der Waals surface area contributed by atoms with Gasteiger partial charge in [0.2, 0.25) is 0 Å². The fourth-order valence-corrected chi connectivity index (χ4v) is 3.53. The van der Waals surface area contributed by atoms with E-state index in [9.17, 15) is 9.59 Å². The first-order chi connectivity index (χ1) is 15.1. The van der Waals surface area contributed by atoms with Crippen molar-refractivity contribution in [3.63, 3.8) is 0 Å². The van der Waals surface area contributed by atoms with E-state index in [1.165, 1.54) is 57.8 Å². The summed E-state index contributed by atoms with van der Waals surface area (Å²) in [5.74, 6) is -1.10. The zero-order chi connectivity index (χ0) is 22.6. The normalized spacial score (nSPS) is 12.2. The Hall–Kier alpha value is -1.94. The van der Waals surface area contributed by atoms with Crippen LogP contribution in [0.4, 0.5) is 0 Å². The number of carbonyl (C=O) groups is 2. The van der Waals surface area contributed by atoms with Gasteiger partial charge in [-0.3, -0.25) is 4.79 Å². The molecule has 1 atom stereocenters. The smallest absolute Gasteiger partial charge is 0.330 e. The van der Waals surface area contributed by atoms with E-state index >= 15 is 0 Å². The van der Waals surface area contributed by atoms with E-state index in [2.05, 4.69) is 19.1 Å². The van der Waals surface area contributed by atoms with Crippen LogP contribution in [0.2, 0.25) is 0 Å². The number of unbranched alkanes of at least 4 members (excludes halogenated alkanes) is 11. The average Bonchev–Trinajstić information content (AvgIpc) is 2.77. The minimum atomic E-state index is -0.805. The Morgan fingerprint density at radius 2 is 1.39 bits per heavy atom. The van der Waals surface area contributed by atoms with Gasteiger partial charge < -0.3 is 10.5 Å². The molecule has 0 amide bonds. The van der Waals surface area contributed by atoms with Gasteiger partial charge in [0.25, 0.3) is 0 Å². The number of esters is 2. The predicted octanol–water partition coefficient (Wildman–Crippen LogP) is 6.66. The molecule has 174 valence electrons. The lowest BCUT2D eigenvalue weighted by molar-refractivity contribution is -0.160. The highest BCUT2D eigenvalue weighted by Crippen LogP contribution is 2.10. The van der Waals surface area contributed by atoms with Gasteiger partial charge in [-0.1, -0.05) is 101 Å². The molecule has 0 aliphatic carbocycles. The quantitative estimate of drug-likeness (QED) is 0.122. The Morgan fingerprint density at radius 1 is 0.839 bits per heavy atom. The van der Waals surface area contributed by atoms with Gasteiger partial charge in [0.1, 0.15) is 6.04 Å². The standard InChI is InChI=1S/C27H43NO3/c1-2-3-4-5-6-7-8-9-10-11-12-13-14-15-19-22-26(29)31-27(30)25(28)23-24-20-17-16-18-21-24/h9-10,16-18,20-21,25H,2-8,11-15,19,22-23,28H2,1H3/b10-9-. The number of rotatable bonds is 18. The summed E-state index contributed by atoms with van der Waals surface area (Å²) in [5.41, 5.74) is 6.81. The van der Waals surface area contributed by atoms with Crippen molar-refractivity contribution in [1.82, 2.24) is 0 Å². The maximum absolute atomic E-state index is 11.9. The summed E-state index contributed by atoms with van der Waals surface area (Å²) in [6.45, 7) is 2.25. The van der Waals surface area contributed by atoms with Crippen molar-refractivity contribution in [2.45, 2.75) is 109 Å². The number of hydrogen-bond donors (Lipinski definition) is 1. The molecule has 0 saturated carbocycles. The molecule has 4 heteroatoms. The molecule has 0 bridgehead atoms. The molecule has 2 N–H and O–H groups in total. The van der Waals surface area contributed by atoms with Crippen molar-refractivity contribution in [1.29, 1.82) is 0 Å². The highest BCUT2D eigenvalue weighted by Gasteiger charge is 2.18. The maximum atomic E-state index is 11.9. The van der Waals surface area contributed by atoms with E-state index in [1.54, 1.807) is 0 Å². The number of carbonyl (C=O) groups excluding carboxylic acids is 2. The lowest BCUT2D eigenvalue weighted by Gasteiger charge is -2.10. The summed E-state index contributed by atoms with van der Waals surface area (Å²) in [6, 6.07) is 8.70. The van der Waals surface area contributed by atoms with E-state index in [-0.39, 0.29) is 6.42 Å². The summed E-state index contributed by atoms with van der Waals surface area (Å²) in [5, 5.41) is 0. The third-order valence-corrected chi connectivity index (χ3v) is 5.46. The van der Waals surface area contributed by atoms with Gasteiger partial charge >= 0.3 is 11.9 Å². The third-order valence-electron chi connectivity index (χ3n) is 5.46. The molecule has 1 aromatic rings. The Kier molecular flexibility index (Phi) is 16.4. The van der Waals surface area contributed by atoms with E-state index in [4.69, 9.17) is 10.5 Å². The Bertz CT molecular complexity index is 612. The molecule has 0 spiro atoms. The summed E-state index contributed by atoms with van der Waals surface area (Å²) in [4.78, 5) is 23.8. The van der Waals surface area contributed by atoms with Crippen LogP contribution in [0.1, 0.15) is 102 Å². The molecule has 0 heterocycles. The van der Waals surface area contributed by atoms with Crippen LogP contribution in [-0.4, -0.2) is 18.0 Å². The monoisotopic (exact) mass is 429 g/mol. The van der Waals surface area contributed by atoms with Crippen molar-refractivity contribution in [3.8, 4) is 0 Å². The van der Waals surface area contributed by atoms with Gasteiger partial charge in [0, 0.05) is 6.42 Å². The fourth-order valence-electron chi connectivity index (χ4n) is 3.53. The average molecular weight is 430 g/mol.